The fraction of sp³-hybridized carbons (Fsp3) is 1.00. The zero-order valence-electron chi connectivity index (χ0n) is 13.3. The van der Waals surface area contributed by atoms with Gasteiger partial charge in [-0.15, -0.1) is 0 Å². The van der Waals surface area contributed by atoms with Gasteiger partial charge >= 0.3 is 0 Å². The minimum atomic E-state index is -1.34. The highest BCUT2D eigenvalue weighted by molar-refractivity contribution is 6.98. The third-order valence-electron chi connectivity index (χ3n) is 5.21. The van der Waals surface area contributed by atoms with Gasteiger partial charge in [0.1, 0.15) is 0 Å². The van der Waals surface area contributed by atoms with E-state index in [0.717, 1.165) is 0 Å². The summed E-state index contributed by atoms with van der Waals surface area (Å²) in [6.07, 6.45) is 0. The SMILES string of the molecule is CCN1[SiH2]N[Si](CC)(CC)N(CC)[Si]1(CC)CC. The molecule has 1 aliphatic rings. The zero-order valence-corrected chi connectivity index (χ0v) is 16.8. The molecule has 0 aliphatic carbocycles. The molecule has 3 nitrogen and oxygen atoms in total. The molecule has 0 aromatic rings. The van der Waals surface area contributed by atoms with Crippen molar-refractivity contribution in [2.24, 2.45) is 0 Å². The third-order valence-corrected chi connectivity index (χ3v) is 22.8. The molecule has 108 valence electrons. The predicted molar refractivity (Wildman–Crippen MR) is 89.9 cm³/mol. The lowest BCUT2D eigenvalue weighted by atomic mass is 10.8. The number of rotatable bonds is 6. The Bertz CT molecular complexity index is 255. The average Bonchev–Trinajstić information content (AvgIpc) is 2.44. The molecule has 1 N–H and O–H groups in total. The first kappa shape index (κ1) is 16.6. The maximum atomic E-state index is 4.12. The smallest absolute Gasteiger partial charge is 0.194 e. The van der Waals surface area contributed by atoms with Crippen LogP contribution >= 0.6 is 0 Å². The van der Waals surface area contributed by atoms with Crippen molar-refractivity contribution in [3.05, 3.63) is 0 Å². The van der Waals surface area contributed by atoms with Gasteiger partial charge in [0.15, 0.2) is 26.6 Å². The Labute approximate surface area is 119 Å². The third kappa shape index (κ3) is 2.43. The van der Waals surface area contributed by atoms with E-state index in [0.29, 0.717) is 0 Å². The molecule has 1 aliphatic heterocycles. The Morgan fingerprint density at radius 1 is 0.833 bits per heavy atom. The summed E-state index contributed by atoms with van der Waals surface area (Å²) < 4.78 is 10.1. The van der Waals surface area contributed by atoms with Crippen LogP contribution in [0, 0.1) is 0 Å². The zero-order chi connectivity index (χ0) is 13.8. The number of nitrogens with one attached hydrogen (secondary N) is 1. The number of nitrogens with zero attached hydrogens (tertiary/aromatic N) is 2. The van der Waals surface area contributed by atoms with Crippen LogP contribution in [0.15, 0.2) is 0 Å². The van der Waals surface area contributed by atoms with Gasteiger partial charge in [0.2, 0.25) is 0 Å². The van der Waals surface area contributed by atoms with Crippen LogP contribution in [-0.4, -0.2) is 48.2 Å². The molecule has 0 aromatic heterocycles. The second-order valence-corrected chi connectivity index (χ2v) is 17.5. The van der Waals surface area contributed by atoms with Gasteiger partial charge in [-0.2, -0.15) is 0 Å². The highest BCUT2D eigenvalue weighted by atomic mass is 28.5. The van der Waals surface area contributed by atoms with E-state index in [1.807, 2.05) is 0 Å². The lowest BCUT2D eigenvalue weighted by Crippen LogP contribution is -2.84. The van der Waals surface area contributed by atoms with Crippen LogP contribution in [0.2, 0.25) is 24.2 Å². The van der Waals surface area contributed by atoms with Crippen molar-refractivity contribution < 1.29 is 0 Å². The fourth-order valence-electron chi connectivity index (χ4n) is 4.02. The van der Waals surface area contributed by atoms with Crippen molar-refractivity contribution in [3.63, 3.8) is 0 Å². The summed E-state index contributed by atoms with van der Waals surface area (Å²) in [6, 6.07) is 5.59. The van der Waals surface area contributed by atoms with Crippen LogP contribution in [-0.2, 0) is 0 Å². The first-order valence-corrected chi connectivity index (χ1v) is 13.9. The van der Waals surface area contributed by atoms with Gasteiger partial charge in [-0.1, -0.05) is 41.5 Å². The molecular formula is C12H33N3Si3. The van der Waals surface area contributed by atoms with Gasteiger partial charge in [-0.3, -0.25) is 0 Å². The van der Waals surface area contributed by atoms with E-state index in [1.54, 1.807) is 0 Å². The summed E-state index contributed by atoms with van der Waals surface area (Å²) in [5.41, 5.74) is 0. The Hall–Kier alpha value is 0.531. The van der Waals surface area contributed by atoms with E-state index in [-0.39, 0.29) is 9.84 Å². The molecule has 18 heavy (non-hydrogen) atoms. The molecule has 0 unspecified atom stereocenters. The van der Waals surface area contributed by atoms with E-state index in [4.69, 9.17) is 0 Å². The highest BCUT2D eigenvalue weighted by Crippen LogP contribution is 2.34. The van der Waals surface area contributed by atoms with Crippen LogP contribution in [0.3, 0.4) is 0 Å². The van der Waals surface area contributed by atoms with Crippen LogP contribution in [0.1, 0.15) is 41.5 Å². The topological polar surface area (TPSA) is 18.5 Å². The standard InChI is InChI=1S/C12H33N3Si3/c1-7-14-16-13-17(9-3,10-4)15(8-2)18(14,11-5)12-6/h13H,7-12,16H2,1-6H3. The van der Waals surface area contributed by atoms with Crippen molar-refractivity contribution in [1.29, 1.82) is 0 Å². The Morgan fingerprint density at radius 2 is 1.39 bits per heavy atom. The van der Waals surface area contributed by atoms with E-state index < -0.39 is 16.8 Å². The van der Waals surface area contributed by atoms with Crippen molar-refractivity contribution >= 4 is 26.6 Å². The molecule has 1 fully saturated rings. The van der Waals surface area contributed by atoms with Gasteiger partial charge in [0.05, 0.1) is 0 Å². The molecule has 1 heterocycles. The second-order valence-electron chi connectivity index (χ2n) is 5.36. The summed E-state index contributed by atoms with van der Waals surface area (Å²) in [7, 11) is -2.88. The normalized spacial score (nSPS) is 25.7. The molecular weight excluding hydrogens is 270 g/mol. The molecule has 0 amide bonds. The van der Waals surface area contributed by atoms with E-state index in [9.17, 15) is 0 Å². The summed E-state index contributed by atoms with van der Waals surface area (Å²) >= 11 is 0. The minimum absolute atomic E-state index is 0.206. The molecule has 0 radical (unpaired) electrons. The maximum absolute atomic E-state index is 4.12. The first-order valence-electron chi connectivity index (χ1n) is 7.88. The molecule has 1 saturated heterocycles. The Balaban J connectivity index is 3.20. The van der Waals surface area contributed by atoms with Gasteiger partial charge < -0.3 is 13.1 Å². The lowest BCUT2D eigenvalue weighted by Gasteiger charge is -2.60. The quantitative estimate of drug-likeness (QED) is 0.759. The molecule has 0 bridgehead atoms. The van der Waals surface area contributed by atoms with Crippen LogP contribution in [0.4, 0.5) is 0 Å². The molecule has 0 atom stereocenters. The Morgan fingerprint density at radius 3 is 1.72 bits per heavy atom. The first-order chi connectivity index (χ1) is 8.60. The summed E-state index contributed by atoms with van der Waals surface area (Å²) in [4.78, 5) is 0. The predicted octanol–water partition coefficient (Wildman–Crippen LogP) is 2.20. The van der Waals surface area contributed by atoms with Crippen molar-refractivity contribution in [2.45, 2.75) is 65.7 Å². The van der Waals surface area contributed by atoms with Gasteiger partial charge in [-0.25, -0.2) is 0 Å². The molecule has 0 aromatic carbocycles. The second kappa shape index (κ2) is 6.81. The van der Waals surface area contributed by atoms with Crippen LogP contribution < -0.4 is 4.65 Å². The Kier molecular flexibility index (Phi) is 6.27. The van der Waals surface area contributed by atoms with E-state index >= 15 is 0 Å². The monoisotopic (exact) mass is 303 g/mol. The van der Waals surface area contributed by atoms with Gasteiger partial charge in [0.25, 0.3) is 0 Å². The largest absolute Gasteiger partial charge is 0.341 e. The van der Waals surface area contributed by atoms with Crippen molar-refractivity contribution in [2.75, 3.05) is 13.1 Å². The molecule has 0 saturated carbocycles. The van der Waals surface area contributed by atoms with Crippen LogP contribution in [0.5, 0.6) is 0 Å². The summed E-state index contributed by atoms with van der Waals surface area (Å²) in [5.74, 6) is 0. The maximum Gasteiger partial charge on any atom is 0.194 e. The lowest BCUT2D eigenvalue weighted by molar-refractivity contribution is 0.491. The summed E-state index contributed by atoms with van der Waals surface area (Å²) in [5, 5.41) is 0. The molecule has 0 spiro atoms. The van der Waals surface area contributed by atoms with E-state index in [2.05, 4.69) is 54.7 Å². The van der Waals surface area contributed by atoms with Gasteiger partial charge in [-0.05, 0) is 37.3 Å². The molecule has 1 rings (SSSR count). The number of hydrogen-bond acceptors (Lipinski definition) is 3. The highest BCUT2D eigenvalue weighted by Gasteiger charge is 2.53. The average molecular weight is 304 g/mol. The summed E-state index contributed by atoms with van der Waals surface area (Å²) in [6.45, 7) is 17.0. The molecule has 6 heteroatoms. The van der Waals surface area contributed by atoms with Crippen molar-refractivity contribution in [3.8, 4) is 0 Å². The van der Waals surface area contributed by atoms with Gasteiger partial charge in [0, 0.05) is 0 Å². The van der Waals surface area contributed by atoms with Crippen LogP contribution in [0.25, 0.3) is 0 Å². The number of hydrogen-bond donors (Lipinski definition) is 1. The fourth-order valence-corrected chi connectivity index (χ4v) is 24.9. The van der Waals surface area contributed by atoms with E-state index in [1.165, 1.54) is 37.3 Å². The van der Waals surface area contributed by atoms with Crippen molar-refractivity contribution in [1.82, 2.24) is 13.1 Å². The minimum Gasteiger partial charge on any atom is -0.341 e.